The van der Waals surface area contributed by atoms with E-state index < -0.39 is 5.92 Å². The average molecular weight is 438 g/mol. The molecule has 2 unspecified atom stereocenters. The Bertz CT molecular complexity index is 1260. The summed E-state index contributed by atoms with van der Waals surface area (Å²) in [6.07, 6.45) is 1.91. The minimum atomic E-state index is -0.962. The molecule has 0 spiro atoms. The van der Waals surface area contributed by atoms with Crippen LogP contribution in [0.1, 0.15) is 43.8 Å². The van der Waals surface area contributed by atoms with Gasteiger partial charge in [0.2, 0.25) is 0 Å². The van der Waals surface area contributed by atoms with Crippen LogP contribution in [0.4, 0.5) is 0 Å². The van der Waals surface area contributed by atoms with Crippen LogP contribution in [0.3, 0.4) is 0 Å². The number of methoxy groups -OCH3 is 2. The van der Waals surface area contributed by atoms with E-state index in [0.717, 1.165) is 11.1 Å². The first-order valence-corrected chi connectivity index (χ1v) is 10.7. The smallest absolute Gasteiger partial charge is 0.180 e. The second-order valence-corrected chi connectivity index (χ2v) is 8.00. The topological polar surface area (TPSA) is 77.3 Å². The van der Waals surface area contributed by atoms with Crippen molar-refractivity contribution < 1.29 is 19.1 Å². The van der Waals surface area contributed by atoms with Gasteiger partial charge in [-0.1, -0.05) is 54.6 Å². The van der Waals surface area contributed by atoms with Gasteiger partial charge in [-0.05, 0) is 23.8 Å². The molecular weight excluding hydrogens is 416 g/mol. The van der Waals surface area contributed by atoms with Gasteiger partial charge in [0.25, 0.3) is 0 Å². The second-order valence-electron chi connectivity index (χ2n) is 8.00. The van der Waals surface area contributed by atoms with Gasteiger partial charge in [-0.25, -0.2) is 0 Å². The number of ether oxygens (including phenoxy) is 2. The van der Waals surface area contributed by atoms with Crippen molar-refractivity contribution in [3.63, 3.8) is 0 Å². The Morgan fingerprint density at radius 1 is 0.788 bits per heavy atom. The summed E-state index contributed by atoms with van der Waals surface area (Å²) < 4.78 is 10.9. The molecule has 0 N–H and O–H groups in total. The van der Waals surface area contributed by atoms with E-state index in [2.05, 4.69) is 10.2 Å². The standard InChI is InChI=1S/C27H22N2O4/c1-32-17-12-13-20(23(14-17)33-2)25-21(16-8-4-3-5-9-16)15-22(28-29-25)24-26(30)18-10-6-7-11-19(18)27(24)31/h3-15,21,24-25H,1-2H3. The molecule has 3 aromatic rings. The van der Waals surface area contributed by atoms with Crippen LogP contribution in [-0.4, -0.2) is 25.8 Å². The Labute approximate surface area is 191 Å². The lowest BCUT2D eigenvalue weighted by Crippen LogP contribution is -2.21. The molecule has 0 aromatic heterocycles. The van der Waals surface area contributed by atoms with Crippen LogP contribution >= 0.6 is 0 Å². The van der Waals surface area contributed by atoms with Crippen LogP contribution < -0.4 is 9.47 Å². The van der Waals surface area contributed by atoms with E-state index >= 15 is 0 Å². The van der Waals surface area contributed by atoms with Gasteiger partial charge >= 0.3 is 0 Å². The molecule has 0 fully saturated rings. The molecule has 0 amide bonds. The molecule has 6 heteroatoms. The number of rotatable bonds is 5. The summed E-state index contributed by atoms with van der Waals surface area (Å²) in [7, 11) is 3.20. The third kappa shape index (κ3) is 3.53. The largest absolute Gasteiger partial charge is 0.497 e. The number of carbonyl (C=O) groups is 2. The number of ketones is 2. The van der Waals surface area contributed by atoms with Crippen LogP contribution in [0, 0.1) is 5.92 Å². The number of azo groups is 1. The van der Waals surface area contributed by atoms with Crippen molar-refractivity contribution in [3.8, 4) is 11.5 Å². The zero-order valence-corrected chi connectivity index (χ0v) is 18.3. The van der Waals surface area contributed by atoms with Crippen LogP contribution in [0.2, 0.25) is 0 Å². The fourth-order valence-corrected chi connectivity index (χ4v) is 4.55. The van der Waals surface area contributed by atoms with E-state index in [9.17, 15) is 9.59 Å². The van der Waals surface area contributed by atoms with Gasteiger partial charge in [0.15, 0.2) is 11.6 Å². The molecule has 33 heavy (non-hydrogen) atoms. The summed E-state index contributed by atoms with van der Waals surface area (Å²) in [6.45, 7) is 0. The number of hydrogen-bond donors (Lipinski definition) is 0. The summed E-state index contributed by atoms with van der Waals surface area (Å²) in [5, 5.41) is 9.02. The van der Waals surface area contributed by atoms with E-state index in [0.29, 0.717) is 28.3 Å². The number of fused-ring (bicyclic) bond motifs is 1. The van der Waals surface area contributed by atoms with Gasteiger partial charge < -0.3 is 9.47 Å². The minimum absolute atomic E-state index is 0.229. The first-order valence-electron chi connectivity index (χ1n) is 10.7. The van der Waals surface area contributed by atoms with Gasteiger partial charge in [-0.3, -0.25) is 9.59 Å². The number of allylic oxidation sites excluding steroid dienone is 1. The normalized spacial score (nSPS) is 19.9. The molecule has 2 atom stereocenters. The van der Waals surface area contributed by atoms with E-state index in [1.165, 1.54) is 0 Å². The highest BCUT2D eigenvalue weighted by Gasteiger charge is 2.43. The third-order valence-electron chi connectivity index (χ3n) is 6.21. The molecule has 1 aliphatic heterocycles. The second kappa shape index (κ2) is 8.47. The van der Waals surface area contributed by atoms with Crippen molar-refractivity contribution in [1.82, 2.24) is 0 Å². The van der Waals surface area contributed by atoms with Gasteiger partial charge in [-0.2, -0.15) is 10.2 Å². The summed E-state index contributed by atoms with van der Waals surface area (Å²) in [4.78, 5) is 26.1. The van der Waals surface area contributed by atoms with Crippen LogP contribution in [0.15, 0.2) is 94.8 Å². The summed E-state index contributed by atoms with van der Waals surface area (Å²) in [6, 6.07) is 22.0. The highest BCUT2D eigenvalue weighted by atomic mass is 16.5. The maximum absolute atomic E-state index is 13.1. The fourth-order valence-electron chi connectivity index (χ4n) is 4.55. The summed E-state index contributed by atoms with van der Waals surface area (Å²) >= 11 is 0. The lowest BCUT2D eigenvalue weighted by molar-refractivity contribution is 0.0861. The quantitative estimate of drug-likeness (QED) is 0.488. The first kappa shape index (κ1) is 20.8. The monoisotopic (exact) mass is 438 g/mol. The Kier molecular flexibility index (Phi) is 5.34. The highest BCUT2D eigenvalue weighted by Crippen LogP contribution is 2.46. The zero-order valence-electron chi connectivity index (χ0n) is 18.3. The van der Waals surface area contributed by atoms with Crippen molar-refractivity contribution in [1.29, 1.82) is 0 Å². The van der Waals surface area contributed by atoms with E-state index in [-0.39, 0.29) is 23.5 Å². The molecule has 0 saturated carbocycles. The van der Waals surface area contributed by atoms with E-state index in [1.54, 1.807) is 38.5 Å². The molecule has 164 valence electrons. The first-order chi connectivity index (χ1) is 16.1. The molecular formula is C27H22N2O4. The van der Waals surface area contributed by atoms with E-state index in [1.807, 2.05) is 54.6 Å². The molecule has 2 aliphatic rings. The van der Waals surface area contributed by atoms with Crippen molar-refractivity contribution >= 4 is 11.6 Å². The predicted molar refractivity (Wildman–Crippen MR) is 123 cm³/mol. The van der Waals surface area contributed by atoms with Crippen molar-refractivity contribution in [2.45, 2.75) is 12.0 Å². The zero-order chi connectivity index (χ0) is 22.9. The fraction of sp³-hybridized carbons (Fsp3) is 0.185. The molecule has 0 saturated heterocycles. The highest BCUT2D eigenvalue weighted by molar-refractivity contribution is 6.28. The number of hydrogen-bond acceptors (Lipinski definition) is 6. The molecule has 6 nitrogen and oxygen atoms in total. The molecule has 0 radical (unpaired) electrons. The Morgan fingerprint density at radius 2 is 1.45 bits per heavy atom. The molecule has 3 aromatic carbocycles. The Balaban J connectivity index is 1.58. The number of carbonyl (C=O) groups excluding carboxylic acids is 2. The van der Waals surface area contributed by atoms with E-state index in [4.69, 9.17) is 9.47 Å². The Morgan fingerprint density at radius 3 is 2.09 bits per heavy atom. The van der Waals surface area contributed by atoms with Crippen molar-refractivity contribution in [2.24, 2.45) is 16.1 Å². The van der Waals surface area contributed by atoms with Crippen LogP contribution in [0.25, 0.3) is 0 Å². The summed E-state index contributed by atoms with van der Waals surface area (Å²) in [5.41, 5.74) is 3.13. The van der Waals surface area contributed by atoms with Gasteiger partial charge in [0.1, 0.15) is 23.5 Å². The lowest BCUT2D eigenvalue weighted by Gasteiger charge is -2.27. The maximum atomic E-state index is 13.1. The molecule has 1 aliphatic carbocycles. The number of nitrogens with zero attached hydrogens (tertiary/aromatic N) is 2. The molecule has 1 heterocycles. The van der Waals surface area contributed by atoms with Gasteiger partial charge in [0.05, 0.1) is 19.9 Å². The van der Waals surface area contributed by atoms with Crippen molar-refractivity contribution in [2.75, 3.05) is 14.2 Å². The average Bonchev–Trinajstić information content (AvgIpc) is 3.13. The number of Topliss-reactive ketones (excluding diaryl/α,β-unsaturated/α-hetero) is 2. The maximum Gasteiger partial charge on any atom is 0.180 e. The van der Waals surface area contributed by atoms with Crippen LogP contribution in [-0.2, 0) is 0 Å². The SMILES string of the molecule is COc1ccc(C2N=NC(C3C(=O)c4ccccc4C3=O)=CC2c2ccccc2)c(OC)c1. The van der Waals surface area contributed by atoms with Crippen molar-refractivity contribution in [3.05, 3.63) is 107 Å². The van der Waals surface area contributed by atoms with Gasteiger partial charge in [-0.15, -0.1) is 0 Å². The van der Waals surface area contributed by atoms with Gasteiger partial charge in [0, 0.05) is 28.7 Å². The van der Waals surface area contributed by atoms with Crippen LogP contribution in [0.5, 0.6) is 11.5 Å². The minimum Gasteiger partial charge on any atom is -0.497 e. The Hall–Kier alpha value is -4.06. The lowest BCUT2D eigenvalue weighted by atomic mass is 9.83. The number of benzene rings is 3. The predicted octanol–water partition coefficient (Wildman–Crippen LogP) is 5.57. The third-order valence-corrected chi connectivity index (χ3v) is 6.21. The molecule has 0 bridgehead atoms. The molecule has 5 rings (SSSR count). The summed E-state index contributed by atoms with van der Waals surface area (Å²) in [5.74, 6) is -0.338.